The van der Waals surface area contributed by atoms with Gasteiger partial charge in [0, 0.05) is 29.5 Å². The predicted octanol–water partition coefficient (Wildman–Crippen LogP) is 2.89. The number of thioether (sulfide) groups is 1. The maximum Gasteiger partial charge on any atom is 0.441 e. The Balaban J connectivity index is 2.60. The number of benzene rings is 1. The van der Waals surface area contributed by atoms with Gasteiger partial charge in [-0.05, 0) is 24.8 Å². The molecule has 9 heteroatoms. The predicted molar refractivity (Wildman–Crippen MR) is 68.7 cm³/mol. The highest BCUT2D eigenvalue weighted by Crippen LogP contribution is 2.29. The molecule has 0 unspecified atom stereocenters. The van der Waals surface area contributed by atoms with Crippen LogP contribution in [0.1, 0.15) is 15.9 Å². The van der Waals surface area contributed by atoms with Gasteiger partial charge in [-0.3, -0.25) is 14.9 Å². The molecule has 0 saturated heterocycles. The van der Waals surface area contributed by atoms with Crippen molar-refractivity contribution in [3.05, 3.63) is 39.4 Å². The van der Waals surface area contributed by atoms with Crippen LogP contribution in [0, 0.1) is 17.0 Å². The third kappa shape index (κ3) is 5.08. The zero-order chi connectivity index (χ0) is 15.3. The molecule has 1 N–H and O–H groups in total. The van der Waals surface area contributed by atoms with E-state index in [0.29, 0.717) is 5.56 Å². The summed E-state index contributed by atoms with van der Waals surface area (Å²) in [5.74, 6) is -0.959. The van der Waals surface area contributed by atoms with E-state index in [2.05, 4.69) is 5.32 Å². The Morgan fingerprint density at radius 2 is 2.10 bits per heavy atom. The first kappa shape index (κ1) is 16.3. The number of carbonyl (C=O) groups is 1. The quantitative estimate of drug-likeness (QED) is 0.516. The molecule has 1 aromatic carbocycles. The summed E-state index contributed by atoms with van der Waals surface area (Å²) in [5.41, 5.74) is -4.10. The second kappa shape index (κ2) is 6.60. The Bertz CT molecular complexity index is 520. The Morgan fingerprint density at radius 1 is 1.45 bits per heavy atom. The van der Waals surface area contributed by atoms with Crippen molar-refractivity contribution in [1.29, 1.82) is 0 Å². The molecule has 0 saturated carbocycles. The molecule has 20 heavy (non-hydrogen) atoms. The normalized spacial score (nSPS) is 11.2. The zero-order valence-corrected chi connectivity index (χ0v) is 11.2. The van der Waals surface area contributed by atoms with Crippen molar-refractivity contribution in [3.8, 4) is 0 Å². The SMILES string of the molecule is Cc1ccc(C(=O)NCCSC(F)(F)F)cc1[N+](=O)[O-]. The maximum absolute atomic E-state index is 11.9. The molecule has 0 aromatic heterocycles. The summed E-state index contributed by atoms with van der Waals surface area (Å²) in [7, 11) is 0. The summed E-state index contributed by atoms with van der Waals surface area (Å²) in [6.45, 7) is 1.35. The number of nitro benzene ring substituents is 1. The van der Waals surface area contributed by atoms with Gasteiger partial charge < -0.3 is 5.32 Å². The molecular weight excluding hydrogens is 297 g/mol. The van der Waals surface area contributed by atoms with Crippen LogP contribution in [0.2, 0.25) is 0 Å². The van der Waals surface area contributed by atoms with Crippen LogP contribution in [-0.2, 0) is 0 Å². The van der Waals surface area contributed by atoms with E-state index in [1.807, 2.05) is 0 Å². The van der Waals surface area contributed by atoms with E-state index in [4.69, 9.17) is 0 Å². The van der Waals surface area contributed by atoms with Crippen molar-refractivity contribution in [2.24, 2.45) is 0 Å². The number of rotatable bonds is 5. The summed E-state index contributed by atoms with van der Waals surface area (Å²) in [6, 6.07) is 3.90. The van der Waals surface area contributed by atoms with E-state index in [0.717, 1.165) is 6.07 Å². The summed E-state index contributed by atoms with van der Waals surface area (Å²) in [4.78, 5) is 21.7. The van der Waals surface area contributed by atoms with Crippen LogP contribution in [0.4, 0.5) is 18.9 Å². The van der Waals surface area contributed by atoms with Crippen molar-refractivity contribution in [1.82, 2.24) is 5.32 Å². The fraction of sp³-hybridized carbons (Fsp3) is 0.364. The number of alkyl halides is 3. The van der Waals surface area contributed by atoms with Crippen molar-refractivity contribution in [2.75, 3.05) is 12.3 Å². The summed E-state index contributed by atoms with van der Waals surface area (Å²) in [5, 5.41) is 13.0. The van der Waals surface area contributed by atoms with Crippen LogP contribution in [0.5, 0.6) is 0 Å². The third-order valence-electron chi connectivity index (χ3n) is 2.32. The molecule has 0 aliphatic carbocycles. The Morgan fingerprint density at radius 3 is 2.65 bits per heavy atom. The number of hydrogen-bond acceptors (Lipinski definition) is 4. The smallest absolute Gasteiger partial charge is 0.351 e. The van der Waals surface area contributed by atoms with Crippen LogP contribution < -0.4 is 5.32 Å². The van der Waals surface area contributed by atoms with Crippen LogP contribution >= 0.6 is 11.8 Å². The van der Waals surface area contributed by atoms with Gasteiger partial charge in [0.25, 0.3) is 11.6 Å². The lowest BCUT2D eigenvalue weighted by Crippen LogP contribution is -2.26. The lowest BCUT2D eigenvalue weighted by Gasteiger charge is -2.07. The molecular formula is C11H11F3N2O3S. The molecule has 0 fully saturated rings. The van der Waals surface area contributed by atoms with Crippen LogP contribution in [0.15, 0.2) is 18.2 Å². The van der Waals surface area contributed by atoms with Gasteiger partial charge in [-0.25, -0.2) is 0 Å². The third-order valence-corrected chi connectivity index (χ3v) is 3.06. The van der Waals surface area contributed by atoms with Gasteiger partial charge in [0.1, 0.15) is 0 Å². The Hall–Kier alpha value is -1.77. The highest BCUT2D eigenvalue weighted by atomic mass is 32.2. The van der Waals surface area contributed by atoms with E-state index in [1.165, 1.54) is 19.1 Å². The number of nitro groups is 1. The van der Waals surface area contributed by atoms with Gasteiger partial charge in [-0.15, -0.1) is 0 Å². The van der Waals surface area contributed by atoms with Crippen LogP contribution in [-0.4, -0.2) is 28.6 Å². The van der Waals surface area contributed by atoms with E-state index in [-0.39, 0.29) is 35.3 Å². The molecule has 0 heterocycles. The molecule has 0 atom stereocenters. The average molecular weight is 308 g/mol. The lowest BCUT2D eigenvalue weighted by atomic mass is 10.1. The molecule has 0 aliphatic rings. The minimum absolute atomic E-state index is 0.0410. The molecule has 0 aliphatic heterocycles. The summed E-state index contributed by atoms with van der Waals surface area (Å²) in [6.07, 6.45) is 0. The first-order chi connectivity index (χ1) is 9.20. The Labute approximate surface area is 116 Å². The molecule has 1 amide bonds. The monoisotopic (exact) mass is 308 g/mol. The minimum Gasteiger partial charge on any atom is -0.351 e. The topological polar surface area (TPSA) is 72.2 Å². The molecule has 1 aromatic rings. The Kier molecular flexibility index (Phi) is 5.37. The highest BCUT2D eigenvalue weighted by Gasteiger charge is 2.27. The number of aryl methyl sites for hydroxylation is 1. The van der Waals surface area contributed by atoms with E-state index >= 15 is 0 Å². The number of amides is 1. The summed E-state index contributed by atoms with van der Waals surface area (Å²) >= 11 is -0.242. The van der Waals surface area contributed by atoms with E-state index in [9.17, 15) is 28.1 Å². The van der Waals surface area contributed by atoms with Gasteiger partial charge >= 0.3 is 5.51 Å². The van der Waals surface area contributed by atoms with Crippen molar-refractivity contribution < 1.29 is 22.9 Å². The number of carbonyl (C=O) groups excluding carboxylic acids is 1. The first-order valence-corrected chi connectivity index (χ1v) is 6.43. The fourth-order valence-electron chi connectivity index (χ4n) is 1.38. The average Bonchev–Trinajstić information content (AvgIpc) is 2.33. The van der Waals surface area contributed by atoms with E-state index < -0.39 is 16.3 Å². The van der Waals surface area contributed by atoms with Crippen molar-refractivity contribution in [2.45, 2.75) is 12.4 Å². The largest absolute Gasteiger partial charge is 0.441 e. The molecule has 0 spiro atoms. The standard InChI is InChI=1S/C11H11F3N2O3S/c1-7-2-3-8(6-9(7)16(18)19)10(17)15-4-5-20-11(12,13)14/h2-3,6H,4-5H2,1H3,(H,15,17). The van der Waals surface area contributed by atoms with Gasteiger partial charge in [-0.1, -0.05) is 6.07 Å². The maximum atomic E-state index is 11.9. The second-order valence-electron chi connectivity index (χ2n) is 3.81. The molecule has 110 valence electrons. The first-order valence-electron chi connectivity index (χ1n) is 5.44. The molecule has 0 bridgehead atoms. The van der Waals surface area contributed by atoms with Crippen molar-refractivity contribution >= 4 is 23.4 Å². The number of hydrogen-bond donors (Lipinski definition) is 1. The summed E-state index contributed by atoms with van der Waals surface area (Å²) < 4.78 is 35.6. The van der Waals surface area contributed by atoms with Gasteiger partial charge in [0.15, 0.2) is 0 Å². The number of halogens is 3. The van der Waals surface area contributed by atoms with Gasteiger partial charge in [-0.2, -0.15) is 13.2 Å². The molecule has 1 rings (SSSR count). The number of nitrogens with one attached hydrogen (secondary N) is 1. The highest BCUT2D eigenvalue weighted by molar-refractivity contribution is 8.00. The van der Waals surface area contributed by atoms with Crippen LogP contribution in [0.25, 0.3) is 0 Å². The lowest BCUT2D eigenvalue weighted by molar-refractivity contribution is -0.385. The van der Waals surface area contributed by atoms with E-state index in [1.54, 1.807) is 0 Å². The molecule has 5 nitrogen and oxygen atoms in total. The van der Waals surface area contributed by atoms with Gasteiger partial charge in [0.05, 0.1) is 4.92 Å². The van der Waals surface area contributed by atoms with Gasteiger partial charge in [0.2, 0.25) is 0 Å². The van der Waals surface area contributed by atoms with Crippen LogP contribution in [0.3, 0.4) is 0 Å². The number of nitrogens with zero attached hydrogens (tertiary/aromatic N) is 1. The minimum atomic E-state index is -4.34. The second-order valence-corrected chi connectivity index (χ2v) is 4.97. The van der Waals surface area contributed by atoms with Crippen molar-refractivity contribution in [3.63, 3.8) is 0 Å². The fourth-order valence-corrected chi connectivity index (χ4v) is 1.82. The zero-order valence-electron chi connectivity index (χ0n) is 10.4. The molecule has 0 radical (unpaired) electrons.